The zero-order valence-electron chi connectivity index (χ0n) is 10.7. The lowest BCUT2D eigenvalue weighted by atomic mass is 9.99. The van der Waals surface area contributed by atoms with Gasteiger partial charge >= 0.3 is 0 Å². The highest BCUT2D eigenvalue weighted by Crippen LogP contribution is 2.20. The number of nitrogens with two attached hydrogens (primary N) is 1. The smallest absolute Gasteiger partial charge is 0.142 e. The number of benzene rings is 1. The van der Waals surface area contributed by atoms with Gasteiger partial charge < -0.3 is 15.6 Å². The van der Waals surface area contributed by atoms with Crippen molar-refractivity contribution in [3.8, 4) is 5.75 Å². The summed E-state index contributed by atoms with van der Waals surface area (Å²) in [4.78, 5) is 2.35. The molecule has 0 amide bonds. The van der Waals surface area contributed by atoms with Crippen LogP contribution < -0.4 is 10.5 Å². The molecule has 1 unspecified atom stereocenters. The molecule has 100 valence electrons. The van der Waals surface area contributed by atoms with E-state index in [1.165, 1.54) is 6.42 Å². The molecule has 0 saturated carbocycles. The third-order valence-corrected chi connectivity index (χ3v) is 3.45. The average molecular weight is 250 g/mol. The Morgan fingerprint density at radius 1 is 1.39 bits per heavy atom. The van der Waals surface area contributed by atoms with Gasteiger partial charge in [0.15, 0.2) is 0 Å². The first kappa shape index (κ1) is 13.2. The number of nitrogen functional groups attached to an aromatic ring is 1. The van der Waals surface area contributed by atoms with Crippen LogP contribution in [0.1, 0.15) is 12.8 Å². The first-order chi connectivity index (χ1) is 8.79. The zero-order valence-corrected chi connectivity index (χ0v) is 10.7. The van der Waals surface area contributed by atoms with Gasteiger partial charge in [-0.1, -0.05) is 12.1 Å². The monoisotopic (exact) mass is 250 g/mol. The van der Waals surface area contributed by atoms with E-state index in [-0.39, 0.29) is 0 Å². The topological polar surface area (TPSA) is 58.7 Å². The molecule has 0 spiro atoms. The first-order valence-electron chi connectivity index (χ1n) is 6.60. The van der Waals surface area contributed by atoms with Crippen LogP contribution in [0.25, 0.3) is 0 Å². The Morgan fingerprint density at radius 3 is 3.00 bits per heavy atom. The number of aliphatic hydroxyl groups excluding tert-OH is 1. The van der Waals surface area contributed by atoms with E-state index in [1.807, 2.05) is 24.3 Å². The summed E-state index contributed by atoms with van der Waals surface area (Å²) in [7, 11) is 0. The second kappa shape index (κ2) is 6.61. The summed E-state index contributed by atoms with van der Waals surface area (Å²) >= 11 is 0. The number of piperidine rings is 1. The van der Waals surface area contributed by atoms with E-state index in [2.05, 4.69) is 4.90 Å². The molecule has 1 aromatic carbocycles. The summed E-state index contributed by atoms with van der Waals surface area (Å²) in [6.45, 7) is 3.91. The first-order valence-corrected chi connectivity index (χ1v) is 6.60. The van der Waals surface area contributed by atoms with Crippen LogP contribution in [0.15, 0.2) is 24.3 Å². The molecule has 1 atom stereocenters. The van der Waals surface area contributed by atoms with Crippen molar-refractivity contribution >= 4 is 5.69 Å². The fraction of sp³-hybridized carbons (Fsp3) is 0.571. The van der Waals surface area contributed by atoms with E-state index in [9.17, 15) is 5.11 Å². The summed E-state index contributed by atoms with van der Waals surface area (Å²) in [5, 5.41) is 9.17. The third-order valence-electron chi connectivity index (χ3n) is 3.45. The molecule has 0 radical (unpaired) electrons. The minimum absolute atomic E-state index is 0.295. The predicted octanol–water partition coefficient (Wildman–Crippen LogP) is 1.35. The van der Waals surface area contributed by atoms with E-state index in [4.69, 9.17) is 10.5 Å². The molecule has 0 aromatic heterocycles. The number of ether oxygens (including phenoxy) is 1. The van der Waals surface area contributed by atoms with Gasteiger partial charge in [0, 0.05) is 19.7 Å². The Hall–Kier alpha value is -1.26. The molecular weight excluding hydrogens is 228 g/mol. The maximum Gasteiger partial charge on any atom is 0.142 e. The molecule has 18 heavy (non-hydrogen) atoms. The lowest BCUT2D eigenvalue weighted by Crippen LogP contribution is -2.39. The predicted molar refractivity (Wildman–Crippen MR) is 72.6 cm³/mol. The molecular formula is C14H22N2O2. The van der Waals surface area contributed by atoms with Gasteiger partial charge in [-0.2, -0.15) is 0 Å². The molecule has 2 rings (SSSR count). The second-order valence-electron chi connectivity index (χ2n) is 4.88. The molecule has 1 fully saturated rings. The van der Waals surface area contributed by atoms with Crippen molar-refractivity contribution in [2.45, 2.75) is 12.8 Å². The van der Waals surface area contributed by atoms with E-state index in [1.54, 1.807) is 0 Å². The molecule has 1 aliphatic rings. The van der Waals surface area contributed by atoms with Crippen molar-refractivity contribution in [1.29, 1.82) is 0 Å². The fourth-order valence-electron chi connectivity index (χ4n) is 2.40. The van der Waals surface area contributed by atoms with Gasteiger partial charge in [0.1, 0.15) is 12.4 Å². The van der Waals surface area contributed by atoms with Gasteiger partial charge in [-0.3, -0.25) is 4.90 Å². The third kappa shape index (κ3) is 3.62. The Kier molecular flexibility index (Phi) is 4.84. The highest BCUT2D eigenvalue weighted by molar-refractivity contribution is 5.51. The largest absolute Gasteiger partial charge is 0.490 e. The van der Waals surface area contributed by atoms with Gasteiger partial charge in [-0.05, 0) is 37.4 Å². The van der Waals surface area contributed by atoms with Crippen LogP contribution >= 0.6 is 0 Å². The summed E-state index contributed by atoms with van der Waals surface area (Å²) in [6.07, 6.45) is 2.30. The summed E-state index contributed by atoms with van der Waals surface area (Å²) in [5.41, 5.74) is 6.50. The Bertz CT molecular complexity index is 371. The normalized spacial score (nSPS) is 20.8. The minimum atomic E-state index is 0.295. The van der Waals surface area contributed by atoms with Crippen LogP contribution in [0.3, 0.4) is 0 Å². The Balaban J connectivity index is 1.73. The summed E-state index contributed by atoms with van der Waals surface area (Å²) in [6, 6.07) is 7.56. The summed E-state index contributed by atoms with van der Waals surface area (Å²) < 4.78 is 5.68. The quantitative estimate of drug-likeness (QED) is 0.775. The molecule has 1 heterocycles. The highest BCUT2D eigenvalue weighted by Gasteiger charge is 2.18. The van der Waals surface area contributed by atoms with Crippen molar-refractivity contribution in [3.05, 3.63) is 24.3 Å². The van der Waals surface area contributed by atoms with Crippen molar-refractivity contribution in [3.63, 3.8) is 0 Å². The number of rotatable bonds is 5. The number of hydrogen-bond acceptors (Lipinski definition) is 4. The number of para-hydroxylation sites is 2. The van der Waals surface area contributed by atoms with Gasteiger partial charge in [-0.25, -0.2) is 0 Å². The van der Waals surface area contributed by atoms with Crippen LogP contribution in [0.4, 0.5) is 5.69 Å². The second-order valence-corrected chi connectivity index (χ2v) is 4.88. The number of nitrogens with zero attached hydrogens (tertiary/aromatic N) is 1. The van der Waals surface area contributed by atoms with Crippen LogP contribution in [0.2, 0.25) is 0 Å². The van der Waals surface area contributed by atoms with E-state index >= 15 is 0 Å². The number of aliphatic hydroxyl groups is 1. The fourth-order valence-corrected chi connectivity index (χ4v) is 2.40. The van der Waals surface area contributed by atoms with E-state index in [0.717, 1.165) is 31.8 Å². The van der Waals surface area contributed by atoms with Gasteiger partial charge in [0.05, 0.1) is 5.69 Å². The number of anilines is 1. The zero-order chi connectivity index (χ0) is 12.8. The molecule has 1 saturated heterocycles. The SMILES string of the molecule is Nc1ccccc1OCCN1CCCC(CO)C1. The molecule has 3 N–H and O–H groups in total. The maximum atomic E-state index is 9.17. The standard InChI is InChI=1S/C14H22N2O2/c15-13-5-1-2-6-14(13)18-9-8-16-7-3-4-12(10-16)11-17/h1-2,5-6,12,17H,3-4,7-11,15H2. The lowest BCUT2D eigenvalue weighted by molar-refractivity contribution is 0.108. The van der Waals surface area contributed by atoms with Crippen LogP contribution in [-0.4, -0.2) is 42.9 Å². The Morgan fingerprint density at radius 2 is 2.22 bits per heavy atom. The van der Waals surface area contributed by atoms with Crippen molar-refractivity contribution in [2.24, 2.45) is 5.92 Å². The Labute approximate surface area is 108 Å². The minimum Gasteiger partial charge on any atom is -0.490 e. The van der Waals surface area contributed by atoms with Crippen LogP contribution in [0, 0.1) is 5.92 Å². The molecule has 0 aliphatic carbocycles. The molecule has 0 bridgehead atoms. The molecule has 1 aliphatic heterocycles. The van der Waals surface area contributed by atoms with E-state index < -0.39 is 0 Å². The van der Waals surface area contributed by atoms with Crippen molar-refractivity contribution in [1.82, 2.24) is 4.90 Å². The van der Waals surface area contributed by atoms with Crippen molar-refractivity contribution < 1.29 is 9.84 Å². The maximum absolute atomic E-state index is 9.17. The highest BCUT2D eigenvalue weighted by atomic mass is 16.5. The average Bonchev–Trinajstić information content (AvgIpc) is 2.41. The molecule has 4 heteroatoms. The number of likely N-dealkylation sites (tertiary alicyclic amines) is 1. The van der Waals surface area contributed by atoms with Crippen LogP contribution in [0.5, 0.6) is 5.75 Å². The van der Waals surface area contributed by atoms with Crippen LogP contribution in [-0.2, 0) is 0 Å². The van der Waals surface area contributed by atoms with E-state index in [0.29, 0.717) is 24.8 Å². The molecule has 4 nitrogen and oxygen atoms in total. The van der Waals surface area contributed by atoms with Gasteiger partial charge in [0.25, 0.3) is 0 Å². The summed E-state index contributed by atoms with van der Waals surface area (Å²) in [5.74, 6) is 1.19. The van der Waals surface area contributed by atoms with Gasteiger partial charge in [-0.15, -0.1) is 0 Å². The van der Waals surface area contributed by atoms with Crippen molar-refractivity contribution in [2.75, 3.05) is 38.6 Å². The van der Waals surface area contributed by atoms with Gasteiger partial charge in [0.2, 0.25) is 0 Å². The lowest BCUT2D eigenvalue weighted by Gasteiger charge is -2.31. The number of hydrogen-bond donors (Lipinski definition) is 2. The molecule has 1 aromatic rings.